The van der Waals surface area contributed by atoms with Gasteiger partial charge in [-0.2, -0.15) is 0 Å². The van der Waals surface area contributed by atoms with Crippen molar-refractivity contribution < 1.29 is 19.4 Å². The second-order valence-corrected chi connectivity index (χ2v) is 4.54. The average Bonchev–Trinajstić information content (AvgIpc) is 2.52. The van der Waals surface area contributed by atoms with Gasteiger partial charge in [0.25, 0.3) is 0 Å². The van der Waals surface area contributed by atoms with E-state index in [1.165, 1.54) is 7.11 Å². The zero-order valence-electron chi connectivity index (χ0n) is 11.9. The van der Waals surface area contributed by atoms with Crippen molar-refractivity contribution in [2.75, 3.05) is 14.2 Å². The van der Waals surface area contributed by atoms with E-state index in [4.69, 9.17) is 9.47 Å². The van der Waals surface area contributed by atoms with Crippen LogP contribution >= 0.6 is 0 Å². The van der Waals surface area contributed by atoms with E-state index in [2.05, 4.69) is 4.98 Å². The number of hydrogen-bond donors (Lipinski definition) is 1. The highest BCUT2D eigenvalue weighted by Gasteiger charge is 2.22. The monoisotopic (exact) mass is 287 g/mol. The molecule has 0 radical (unpaired) electrons. The van der Waals surface area contributed by atoms with Gasteiger partial charge in [0.15, 0.2) is 0 Å². The number of carboxylic acids is 1. The van der Waals surface area contributed by atoms with Crippen molar-refractivity contribution in [2.24, 2.45) is 0 Å². The molecule has 1 unspecified atom stereocenters. The van der Waals surface area contributed by atoms with Gasteiger partial charge in [0.1, 0.15) is 5.75 Å². The van der Waals surface area contributed by atoms with Crippen molar-refractivity contribution in [3.63, 3.8) is 0 Å². The predicted octanol–water partition coefficient (Wildman–Crippen LogP) is 2.51. The van der Waals surface area contributed by atoms with Crippen LogP contribution in [0.25, 0.3) is 0 Å². The number of carbonyl (C=O) groups is 1. The molecule has 0 spiro atoms. The Morgan fingerprint density at radius 3 is 2.67 bits per heavy atom. The molecule has 0 amide bonds. The van der Waals surface area contributed by atoms with Gasteiger partial charge in [0.2, 0.25) is 5.88 Å². The van der Waals surface area contributed by atoms with Crippen LogP contribution in [0, 0.1) is 0 Å². The van der Waals surface area contributed by atoms with E-state index in [0.29, 0.717) is 23.6 Å². The lowest BCUT2D eigenvalue weighted by Gasteiger charge is -2.15. The molecule has 0 aliphatic heterocycles. The number of pyridine rings is 1. The highest BCUT2D eigenvalue weighted by Crippen LogP contribution is 2.27. The fourth-order valence-corrected chi connectivity index (χ4v) is 2.19. The Morgan fingerprint density at radius 2 is 2.00 bits per heavy atom. The van der Waals surface area contributed by atoms with Gasteiger partial charge in [0.05, 0.1) is 20.1 Å². The van der Waals surface area contributed by atoms with Crippen molar-refractivity contribution >= 4 is 5.97 Å². The quantitative estimate of drug-likeness (QED) is 0.884. The molecular weight excluding hydrogens is 270 g/mol. The van der Waals surface area contributed by atoms with E-state index in [0.717, 1.165) is 5.56 Å². The third-order valence-corrected chi connectivity index (χ3v) is 3.29. The first-order valence-corrected chi connectivity index (χ1v) is 6.50. The number of nitrogens with zero attached hydrogens (tertiary/aromatic N) is 1. The number of benzene rings is 1. The molecular formula is C16H17NO4. The maximum Gasteiger partial charge on any atom is 0.311 e. The Bertz CT molecular complexity index is 627. The van der Waals surface area contributed by atoms with Crippen LogP contribution in [0.2, 0.25) is 0 Å². The second-order valence-electron chi connectivity index (χ2n) is 4.54. The third kappa shape index (κ3) is 3.51. The first-order chi connectivity index (χ1) is 10.2. The molecule has 21 heavy (non-hydrogen) atoms. The lowest BCUT2D eigenvalue weighted by molar-refractivity contribution is -0.138. The van der Waals surface area contributed by atoms with Crippen LogP contribution in [0.3, 0.4) is 0 Å². The fourth-order valence-electron chi connectivity index (χ4n) is 2.19. The summed E-state index contributed by atoms with van der Waals surface area (Å²) in [5, 5.41) is 9.51. The first kappa shape index (κ1) is 14.8. The summed E-state index contributed by atoms with van der Waals surface area (Å²) in [6.45, 7) is 0. The Balaban J connectivity index is 2.33. The number of ether oxygens (including phenoxy) is 2. The van der Waals surface area contributed by atoms with Crippen LogP contribution in [0.5, 0.6) is 11.6 Å². The molecule has 2 aromatic rings. The topological polar surface area (TPSA) is 68.7 Å². The van der Waals surface area contributed by atoms with E-state index in [1.807, 2.05) is 24.3 Å². The molecule has 5 heteroatoms. The predicted molar refractivity (Wildman–Crippen MR) is 77.9 cm³/mol. The molecule has 0 saturated heterocycles. The smallest absolute Gasteiger partial charge is 0.311 e. The van der Waals surface area contributed by atoms with E-state index in [1.54, 1.807) is 25.4 Å². The van der Waals surface area contributed by atoms with Crippen molar-refractivity contribution in [1.82, 2.24) is 4.98 Å². The van der Waals surface area contributed by atoms with Gasteiger partial charge in [-0.15, -0.1) is 0 Å². The molecule has 0 aliphatic carbocycles. The van der Waals surface area contributed by atoms with Gasteiger partial charge in [0, 0.05) is 12.3 Å². The van der Waals surface area contributed by atoms with Gasteiger partial charge < -0.3 is 14.6 Å². The summed E-state index contributed by atoms with van der Waals surface area (Å²) in [5.41, 5.74) is 1.50. The fraction of sp³-hybridized carbons (Fsp3) is 0.250. The minimum atomic E-state index is -0.894. The lowest BCUT2D eigenvalue weighted by atomic mass is 9.92. The summed E-state index contributed by atoms with van der Waals surface area (Å²) in [7, 11) is 3.08. The molecule has 1 heterocycles. The van der Waals surface area contributed by atoms with Crippen molar-refractivity contribution in [1.29, 1.82) is 0 Å². The Labute approximate surface area is 123 Å². The van der Waals surface area contributed by atoms with Crippen LogP contribution in [0.1, 0.15) is 17.0 Å². The number of rotatable bonds is 6. The molecule has 110 valence electrons. The maximum atomic E-state index is 11.6. The highest BCUT2D eigenvalue weighted by atomic mass is 16.5. The molecule has 5 nitrogen and oxygen atoms in total. The second kappa shape index (κ2) is 6.74. The molecule has 0 aliphatic rings. The number of hydrogen-bond acceptors (Lipinski definition) is 4. The van der Waals surface area contributed by atoms with Gasteiger partial charge in [-0.05, 0) is 29.7 Å². The van der Waals surface area contributed by atoms with Crippen LogP contribution < -0.4 is 9.47 Å². The average molecular weight is 287 g/mol. The molecule has 0 bridgehead atoms. The number of para-hydroxylation sites is 1. The first-order valence-electron chi connectivity index (χ1n) is 6.50. The minimum absolute atomic E-state index is 0.340. The molecule has 0 saturated carbocycles. The molecule has 1 aromatic heterocycles. The largest absolute Gasteiger partial charge is 0.496 e. The SMILES string of the molecule is COc1cc(C(Cc2ccccc2OC)C(=O)O)ccn1. The van der Waals surface area contributed by atoms with E-state index in [-0.39, 0.29) is 0 Å². The zero-order valence-corrected chi connectivity index (χ0v) is 11.9. The van der Waals surface area contributed by atoms with Crippen LogP contribution in [-0.4, -0.2) is 30.3 Å². The number of aromatic nitrogens is 1. The molecule has 2 rings (SSSR count). The molecule has 1 aromatic carbocycles. The van der Waals surface area contributed by atoms with Crippen LogP contribution in [0.15, 0.2) is 42.6 Å². The van der Waals surface area contributed by atoms with E-state index >= 15 is 0 Å². The standard InChI is InChI=1S/C16H17NO4/c1-20-14-6-4-3-5-12(14)9-13(16(18)19)11-7-8-17-15(10-11)21-2/h3-8,10,13H,9H2,1-2H3,(H,18,19). The summed E-state index contributed by atoms with van der Waals surface area (Å²) >= 11 is 0. The number of carboxylic acid groups (broad SMARTS) is 1. The Hall–Kier alpha value is -2.56. The van der Waals surface area contributed by atoms with Crippen molar-refractivity contribution in [3.05, 3.63) is 53.7 Å². The van der Waals surface area contributed by atoms with Crippen molar-refractivity contribution in [3.8, 4) is 11.6 Å². The minimum Gasteiger partial charge on any atom is -0.496 e. The van der Waals surface area contributed by atoms with Gasteiger partial charge in [-0.1, -0.05) is 18.2 Å². The normalized spacial score (nSPS) is 11.7. The summed E-state index contributed by atoms with van der Waals surface area (Å²) < 4.78 is 10.3. The van der Waals surface area contributed by atoms with E-state index < -0.39 is 11.9 Å². The third-order valence-electron chi connectivity index (χ3n) is 3.29. The molecule has 1 atom stereocenters. The Kier molecular flexibility index (Phi) is 4.77. The highest BCUT2D eigenvalue weighted by molar-refractivity contribution is 5.76. The summed E-state index contributed by atoms with van der Waals surface area (Å²) in [5.74, 6) is -0.490. The van der Waals surface area contributed by atoms with Gasteiger partial charge in [-0.3, -0.25) is 4.79 Å². The number of methoxy groups -OCH3 is 2. The van der Waals surface area contributed by atoms with Gasteiger partial charge >= 0.3 is 5.97 Å². The summed E-state index contributed by atoms with van der Waals surface area (Å²) in [4.78, 5) is 15.6. The number of aliphatic carboxylic acids is 1. The maximum absolute atomic E-state index is 11.6. The molecule has 0 fully saturated rings. The van der Waals surface area contributed by atoms with Crippen molar-refractivity contribution in [2.45, 2.75) is 12.3 Å². The lowest BCUT2D eigenvalue weighted by Crippen LogP contribution is -2.15. The zero-order chi connectivity index (χ0) is 15.2. The Morgan fingerprint density at radius 1 is 1.24 bits per heavy atom. The van der Waals surface area contributed by atoms with Crippen LogP contribution in [0.4, 0.5) is 0 Å². The summed E-state index contributed by atoms with van der Waals surface area (Å²) in [6.07, 6.45) is 1.89. The molecule has 1 N–H and O–H groups in total. The van der Waals surface area contributed by atoms with Gasteiger partial charge in [-0.25, -0.2) is 4.98 Å². The summed E-state index contributed by atoms with van der Waals surface area (Å²) in [6, 6.07) is 10.7. The van der Waals surface area contributed by atoms with Crippen LogP contribution in [-0.2, 0) is 11.2 Å². The van der Waals surface area contributed by atoms with E-state index in [9.17, 15) is 9.90 Å².